The molecular formula is C21H22N6O2. The first-order chi connectivity index (χ1) is 13.9. The first kappa shape index (κ1) is 18.8. The number of ether oxygens (including phenoxy) is 1. The van der Waals surface area contributed by atoms with Crippen molar-refractivity contribution in [3.63, 3.8) is 0 Å². The predicted molar refractivity (Wildman–Crippen MR) is 110 cm³/mol. The Morgan fingerprint density at radius 1 is 1.14 bits per heavy atom. The van der Waals surface area contributed by atoms with Crippen molar-refractivity contribution in [3.8, 4) is 17.1 Å². The van der Waals surface area contributed by atoms with Gasteiger partial charge in [-0.3, -0.25) is 4.79 Å². The summed E-state index contributed by atoms with van der Waals surface area (Å²) in [7, 11) is 1.60. The van der Waals surface area contributed by atoms with Crippen LogP contribution in [0.4, 0.5) is 0 Å². The van der Waals surface area contributed by atoms with Crippen LogP contribution in [-0.4, -0.2) is 32.6 Å². The molecule has 0 bridgehead atoms. The number of rotatable bonds is 5. The molecule has 8 nitrogen and oxygen atoms in total. The van der Waals surface area contributed by atoms with Crippen LogP contribution in [0.5, 0.6) is 5.75 Å². The second-order valence-electron chi connectivity index (χ2n) is 7.24. The number of nitrogens with two attached hydrogens (primary N) is 2. The van der Waals surface area contributed by atoms with Gasteiger partial charge in [-0.2, -0.15) is 4.52 Å². The Morgan fingerprint density at radius 2 is 1.90 bits per heavy atom. The topological polar surface area (TPSA) is 121 Å². The molecule has 2 heterocycles. The van der Waals surface area contributed by atoms with Gasteiger partial charge in [0.25, 0.3) is 0 Å². The third kappa shape index (κ3) is 2.89. The third-order valence-corrected chi connectivity index (χ3v) is 5.20. The number of hydrogen-bond acceptors (Lipinski definition) is 6. The van der Waals surface area contributed by atoms with Gasteiger partial charge in [-0.1, -0.05) is 38.1 Å². The maximum Gasteiger partial charge on any atom is 0.245 e. The molecule has 0 fully saturated rings. The lowest BCUT2D eigenvalue weighted by Gasteiger charge is -2.29. The highest BCUT2D eigenvalue weighted by Crippen LogP contribution is 2.30. The van der Waals surface area contributed by atoms with E-state index in [0.717, 1.165) is 10.9 Å². The molecule has 148 valence electrons. The number of aromatic nitrogens is 4. The van der Waals surface area contributed by atoms with Crippen molar-refractivity contribution in [1.82, 2.24) is 19.6 Å². The normalized spacial score (nSPS) is 13.7. The fraction of sp³-hybridized carbons (Fsp3) is 0.238. The van der Waals surface area contributed by atoms with Crippen molar-refractivity contribution in [1.29, 1.82) is 0 Å². The van der Waals surface area contributed by atoms with Crippen LogP contribution in [0.25, 0.3) is 27.9 Å². The van der Waals surface area contributed by atoms with Crippen LogP contribution in [0, 0.1) is 5.92 Å². The van der Waals surface area contributed by atoms with Gasteiger partial charge in [0.05, 0.1) is 12.6 Å². The zero-order valence-electron chi connectivity index (χ0n) is 16.5. The van der Waals surface area contributed by atoms with Crippen molar-refractivity contribution < 1.29 is 9.53 Å². The van der Waals surface area contributed by atoms with E-state index in [-0.39, 0.29) is 11.7 Å². The highest BCUT2D eigenvalue weighted by Gasteiger charge is 2.42. The van der Waals surface area contributed by atoms with Gasteiger partial charge in [-0.05, 0) is 30.2 Å². The van der Waals surface area contributed by atoms with Gasteiger partial charge in [0.1, 0.15) is 5.75 Å². The van der Waals surface area contributed by atoms with Gasteiger partial charge in [0, 0.05) is 10.9 Å². The molecule has 2 aromatic carbocycles. The summed E-state index contributed by atoms with van der Waals surface area (Å²) in [6.45, 7) is 3.65. The van der Waals surface area contributed by atoms with Crippen molar-refractivity contribution in [3.05, 3.63) is 54.4 Å². The summed E-state index contributed by atoms with van der Waals surface area (Å²) < 4.78 is 6.84. The summed E-state index contributed by atoms with van der Waals surface area (Å²) in [5, 5.41) is 5.44. The molecular weight excluding hydrogens is 368 g/mol. The molecule has 4 aromatic rings. The molecule has 0 aliphatic heterocycles. The number of benzene rings is 2. The van der Waals surface area contributed by atoms with Gasteiger partial charge >= 0.3 is 0 Å². The Morgan fingerprint density at radius 3 is 2.59 bits per heavy atom. The van der Waals surface area contributed by atoms with E-state index in [1.54, 1.807) is 7.11 Å². The van der Waals surface area contributed by atoms with Crippen LogP contribution < -0.4 is 16.2 Å². The smallest absolute Gasteiger partial charge is 0.245 e. The summed E-state index contributed by atoms with van der Waals surface area (Å²) in [6.07, 6.45) is 0. The van der Waals surface area contributed by atoms with Crippen molar-refractivity contribution in [2.75, 3.05) is 7.11 Å². The molecule has 8 heteroatoms. The number of para-hydroxylation sites is 1. The van der Waals surface area contributed by atoms with Crippen LogP contribution in [0.15, 0.2) is 48.5 Å². The van der Waals surface area contributed by atoms with Crippen LogP contribution in [-0.2, 0) is 10.3 Å². The average Bonchev–Trinajstić information content (AvgIpc) is 3.18. The number of fused-ring (bicyclic) bond motifs is 3. The van der Waals surface area contributed by atoms with Crippen molar-refractivity contribution in [2.24, 2.45) is 17.4 Å². The van der Waals surface area contributed by atoms with E-state index in [9.17, 15) is 4.79 Å². The largest absolute Gasteiger partial charge is 0.497 e. The molecule has 0 radical (unpaired) electrons. The monoisotopic (exact) mass is 390 g/mol. The average molecular weight is 390 g/mol. The minimum Gasteiger partial charge on any atom is -0.497 e. The first-order valence-electron chi connectivity index (χ1n) is 9.25. The van der Waals surface area contributed by atoms with Gasteiger partial charge in [-0.15, -0.1) is 5.10 Å². The van der Waals surface area contributed by atoms with Crippen LogP contribution >= 0.6 is 0 Å². The predicted octanol–water partition coefficient (Wildman–Crippen LogP) is 2.25. The van der Waals surface area contributed by atoms with E-state index in [2.05, 4.69) is 10.1 Å². The molecule has 0 unspecified atom stereocenters. The Hall–Kier alpha value is -3.52. The molecule has 0 saturated heterocycles. The molecule has 2 aromatic heterocycles. The summed E-state index contributed by atoms with van der Waals surface area (Å²) in [5.41, 5.74) is 12.7. The Kier molecular flexibility index (Phi) is 4.43. The zero-order chi connectivity index (χ0) is 20.8. The van der Waals surface area contributed by atoms with Crippen LogP contribution in [0.1, 0.15) is 19.7 Å². The number of hydrogen-bond donors (Lipinski definition) is 2. The fourth-order valence-electron chi connectivity index (χ4n) is 3.36. The lowest BCUT2D eigenvalue weighted by molar-refractivity contribution is -0.125. The Balaban J connectivity index is 2.08. The molecule has 29 heavy (non-hydrogen) atoms. The van der Waals surface area contributed by atoms with Gasteiger partial charge in [0.2, 0.25) is 5.91 Å². The quantitative estimate of drug-likeness (QED) is 0.539. The number of carbonyl (C=O) groups excluding carboxylic acids is 1. The molecule has 0 aliphatic rings. The molecule has 0 saturated carbocycles. The molecule has 1 amide bonds. The molecule has 4 N–H and O–H groups in total. The van der Waals surface area contributed by atoms with E-state index in [0.29, 0.717) is 22.7 Å². The zero-order valence-corrected chi connectivity index (χ0v) is 16.5. The minimum absolute atomic E-state index is 0.260. The number of primary amides is 1. The summed E-state index contributed by atoms with van der Waals surface area (Å²) in [4.78, 5) is 21.8. The Labute approximate surface area is 167 Å². The second kappa shape index (κ2) is 6.82. The number of amides is 1. The van der Waals surface area contributed by atoms with E-state index in [4.69, 9.17) is 21.2 Å². The van der Waals surface area contributed by atoms with Gasteiger partial charge in [-0.25, -0.2) is 9.97 Å². The molecule has 0 aliphatic carbocycles. The van der Waals surface area contributed by atoms with E-state index >= 15 is 0 Å². The molecule has 4 rings (SSSR count). The van der Waals surface area contributed by atoms with Gasteiger partial charge < -0.3 is 16.2 Å². The van der Waals surface area contributed by atoms with E-state index in [1.807, 2.05) is 62.4 Å². The molecule has 0 spiro atoms. The van der Waals surface area contributed by atoms with E-state index in [1.165, 1.54) is 4.52 Å². The fourth-order valence-corrected chi connectivity index (χ4v) is 3.36. The summed E-state index contributed by atoms with van der Waals surface area (Å²) in [5.74, 6) is 0.447. The summed E-state index contributed by atoms with van der Waals surface area (Å²) >= 11 is 0. The maximum absolute atomic E-state index is 12.4. The van der Waals surface area contributed by atoms with E-state index < -0.39 is 11.4 Å². The lowest BCUT2D eigenvalue weighted by Crippen LogP contribution is -2.54. The molecule has 1 atom stereocenters. The van der Waals surface area contributed by atoms with Crippen LogP contribution in [0.2, 0.25) is 0 Å². The lowest BCUT2D eigenvalue weighted by atomic mass is 9.85. The van der Waals surface area contributed by atoms with Crippen LogP contribution in [0.3, 0.4) is 0 Å². The SMILES string of the molecule is COc1cccc(-c2nc3c4ccccc4nc([C@](N)(C(N)=O)C(C)C)n3n2)c1. The second-order valence-corrected chi connectivity index (χ2v) is 7.24. The highest BCUT2D eigenvalue weighted by molar-refractivity contribution is 5.93. The number of methoxy groups -OCH3 is 1. The van der Waals surface area contributed by atoms with Crippen molar-refractivity contribution >= 4 is 22.5 Å². The standard InChI is InChI=1S/C21H22N6O2/c1-12(2)21(23,19(22)28)20-24-16-10-5-4-9-15(16)18-25-17(26-27(18)20)13-7-6-8-14(11-13)29-3/h4-12H,23H2,1-3H3,(H2,22,28)/t21-/m1/s1. The Bertz CT molecular complexity index is 1230. The summed E-state index contributed by atoms with van der Waals surface area (Å²) in [6, 6.07) is 15.0. The minimum atomic E-state index is -1.51. The van der Waals surface area contributed by atoms with Gasteiger partial charge in [0.15, 0.2) is 22.8 Å². The third-order valence-electron chi connectivity index (χ3n) is 5.20. The van der Waals surface area contributed by atoms with Crippen molar-refractivity contribution in [2.45, 2.75) is 19.4 Å². The number of nitrogens with zero attached hydrogens (tertiary/aromatic N) is 4. The number of carbonyl (C=O) groups is 1. The first-order valence-corrected chi connectivity index (χ1v) is 9.25. The maximum atomic E-state index is 12.4. The highest BCUT2D eigenvalue weighted by atomic mass is 16.5.